The van der Waals surface area contributed by atoms with Crippen molar-refractivity contribution in [1.82, 2.24) is 15.1 Å². The van der Waals surface area contributed by atoms with E-state index in [1.165, 1.54) is 22.9 Å². The summed E-state index contributed by atoms with van der Waals surface area (Å²) in [4.78, 5) is 13.2. The van der Waals surface area contributed by atoms with Crippen molar-refractivity contribution in [3.63, 3.8) is 0 Å². The number of sulfone groups is 1. The first-order valence-electron chi connectivity index (χ1n) is 10.9. The summed E-state index contributed by atoms with van der Waals surface area (Å²) in [7, 11) is -1.65. The Morgan fingerprint density at radius 1 is 1.03 bits per heavy atom. The van der Waals surface area contributed by atoms with Gasteiger partial charge in [-0.05, 0) is 61.5 Å². The van der Waals surface area contributed by atoms with Crippen LogP contribution in [0, 0.1) is 12.7 Å². The number of hydrogen-bond acceptors (Lipinski definition) is 5. The molecular weight excluding hydrogens is 467 g/mol. The lowest BCUT2D eigenvalue weighted by molar-refractivity contribution is 0.101. The van der Waals surface area contributed by atoms with Gasteiger partial charge in [0.1, 0.15) is 11.5 Å². The molecule has 0 spiro atoms. The van der Waals surface area contributed by atoms with Crippen molar-refractivity contribution >= 4 is 21.4 Å². The van der Waals surface area contributed by atoms with Crippen LogP contribution in [-0.2, 0) is 16.4 Å². The Balaban J connectivity index is 1.64. The molecule has 180 valence electrons. The highest BCUT2D eigenvalue weighted by Crippen LogP contribution is 2.30. The highest BCUT2D eigenvalue weighted by Gasteiger charge is 2.19. The maximum absolute atomic E-state index is 15.0. The summed E-state index contributed by atoms with van der Waals surface area (Å²) in [5, 5.41) is 10.1. The van der Waals surface area contributed by atoms with Crippen molar-refractivity contribution in [3.8, 4) is 16.8 Å². The Bertz CT molecular complexity index is 1510. The molecule has 0 aliphatic carbocycles. The molecule has 0 bridgehead atoms. The van der Waals surface area contributed by atoms with Gasteiger partial charge in [-0.15, -0.1) is 0 Å². The largest absolute Gasteiger partial charge is 0.318 e. The Morgan fingerprint density at radius 2 is 1.80 bits per heavy atom. The highest BCUT2D eigenvalue weighted by atomic mass is 32.2. The van der Waals surface area contributed by atoms with Crippen molar-refractivity contribution in [2.45, 2.75) is 18.4 Å². The Morgan fingerprint density at radius 3 is 2.51 bits per heavy atom. The molecule has 0 atom stereocenters. The summed E-state index contributed by atoms with van der Waals surface area (Å²) in [6, 6.07) is 19.9. The minimum absolute atomic E-state index is 0.0232. The van der Waals surface area contributed by atoms with Crippen LogP contribution >= 0.6 is 0 Å². The minimum Gasteiger partial charge on any atom is -0.318 e. The Kier molecular flexibility index (Phi) is 6.81. The third kappa shape index (κ3) is 5.31. The van der Waals surface area contributed by atoms with Crippen LogP contribution in [0.5, 0.6) is 0 Å². The summed E-state index contributed by atoms with van der Waals surface area (Å²) in [6.07, 6.45) is 1.11. The second-order valence-electron chi connectivity index (χ2n) is 8.20. The molecule has 9 heteroatoms. The predicted molar refractivity (Wildman–Crippen MR) is 134 cm³/mol. The van der Waals surface area contributed by atoms with Gasteiger partial charge >= 0.3 is 0 Å². The summed E-state index contributed by atoms with van der Waals surface area (Å²) in [5.74, 6) is -1.20. The first-order chi connectivity index (χ1) is 16.7. The van der Waals surface area contributed by atoms with Crippen LogP contribution in [0.1, 0.15) is 21.7 Å². The molecule has 0 saturated heterocycles. The maximum atomic E-state index is 15.0. The first kappa shape index (κ1) is 24.3. The molecular formula is C26H25FN4O3S. The van der Waals surface area contributed by atoms with Crippen molar-refractivity contribution in [3.05, 3.63) is 95.6 Å². The lowest BCUT2D eigenvalue weighted by Crippen LogP contribution is -2.18. The third-order valence-electron chi connectivity index (χ3n) is 5.42. The van der Waals surface area contributed by atoms with Crippen molar-refractivity contribution < 1.29 is 17.6 Å². The smallest absolute Gasteiger partial charge is 0.274 e. The molecule has 0 saturated carbocycles. The van der Waals surface area contributed by atoms with Gasteiger partial charge in [-0.2, -0.15) is 5.10 Å². The number of anilines is 1. The monoisotopic (exact) mass is 492 g/mol. The van der Waals surface area contributed by atoms with Crippen LogP contribution in [0.2, 0.25) is 0 Å². The maximum Gasteiger partial charge on any atom is 0.274 e. The molecule has 1 aromatic heterocycles. The Hall–Kier alpha value is -3.82. The minimum atomic E-state index is -3.50. The van der Waals surface area contributed by atoms with E-state index in [0.29, 0.717) is 29.1 Å². The molecule has 0 unspecified atom stereocenters. The number of benzene rings is 3. The molecule has 1 amide bonds. The van der Waals surface area contributed by atoms with Crippen LogP contribution < -0.4 is 10.6 Å². The number of carbonyl (C=O) groups is 1. The molecule has 7 nitrogen and oxygen atoms in total. The van der Waals surface area contributed by atoms with E-state index in [-0.39, 0.29) is 16.3 Å². The van der Waals surface area contributed by atoms with Crippen molar-refractivity contribution in [2.75, 3.05) is 18.6 Å². The van der Waals surface area contributed by atoms with E-state index in [1.807, 2.05) is 31.3 Å². The van der Waals surface area contributed by atoms with Crippen molar-refractivity contribution in [1.29, 1.82) is 0 Å². The number of aryl methyl sites for hydroxylation is 1. The molecule has 4 aromatic rings. The standard InChI is InChI=1S/C26H25FN4O3S/c1-17-13-24(31(30-17)20-8-6-7-18(14-20)16-28-2)26(32)29-23-12-11-19(15-22(23)27)21-9-4-5-10-25(21)35(3,33)34/h4-15,28H,16H2,1-3H3,(H,29,32). The zero-order valence-corrected chi connectivity index (χ0v) is 20.4. The normalized spacial score (nSPS) is 11.4. The lowest BCUT2D eigenvalue weighted by Gasteiger charge is -2.12. The van der Waals surface area contributed by atoms with Gasteiger partial charge in [-0.3, -0.25) is 4.79 Å². The van der Waals surface area contributed by atoms with Gasteiger partial charge < -0.3 is 10.6 Å². The number of aromatic nitrogens is 2. The van der Waals surface area contributed by atoms with E-state index < -0.39 is 21.6 Å². The summed E-state index contributed by atoms with van der Waals surface area (Å²) < 4.78 is 40.8. The molecule has 1 heterocycles. The fourth-order valence-electron chi connectivity index (χ4n) is 3.86. The van der Waals surface area contributed by atoms with Crippen LogP contribution in [-0.4, -0.2) is 37.4 Å². The van der Waals surface area contributed by atoms with Gasteiger partial charge in [0.05, 0.1) is 22.0 Å². The van der Waals surface area contributed by atoms with E-state index in [2.05, 4.69) is 15.7 Å². The van der Waals surface area contributed by atoms with E-state index in [0.717, 1.165) is 11.8 Å². The number of rotatable bonds is 7. The van der Waals surface area contributed by atoms with E-state index >= 15 is 4.39 Å². The van der Waals surface area contributed by atoms with Gasteiger partial charge in [0, 0.05) is 18.4 Å². The second kappa shape index (κ2) is 9.81. The molecule has 2 N–H and O–H groups in total. The molecule has 4 rings (SSSR count). The predicted octanol–water partition coefficient (Wildman–Crippen LogP) is 4.36. The highest BCUT2D eigenvalue weighted by molar-refractivity contribution is 7.90. The quantitative estimate of drug-likeness (QED) is 0.400. The fraction of sp³-hybridized carbons (Fsp3) is 0.154. The number of halogens is 1. The lowest BCUT2D eigenvalue weighted by atomic mass is 10.0. The van der Waals surface area contributed by atoms with Crippen molar-refractivity contribution in [2.24, 2.45) is 0 Å². The van der Waals surface area contributed by atoms with Crippen LogP contribution in [0.15, 0.2) is 77.7 Å². The van der Waals surface area contributed by atoms with E-state index in [1.54, 1.807) is 37.3 Å². The number of carbonyl (C=O) groups excluding carboxylic acids is 1. The van der Waals surface area contributed by atoms with Gasteiger partial charge in [0.2, 0.25) is 0 Å². The first-order valence-corrected chi connectivity index (χ1v) is 12.8. The number of amides is 1. The topological polar surface area (TPSA) is 93.1 Å². The number of hydrogen-bond donors (Lipinski definition) is 2. The van der Waals surface area contributed by atoms with Crippen LogP contribution in [0.3, 0.4) is 0 Å². The molecule has 0 aliphatic rings. The van der Waals surface area contributed by atoms with Gasteiger partial charge in [-0.25, -0.2) is 17.5 Å². The summed E-state index contributed by atoms with van der Waals surface area (Å²) in [6.45, 7) is 2.44. The average molecular weight is 493 g/mol. The van der Waals surface area contributed by atoms with Gasteiger partial charge in [-0.1, -0.05) is 36.4 Å². The molecule has 35 heavy (non-hydrogen) atoms. The number of nitrogens with zero attached hydrogens (tertiary/aromatic N) is 2. The van der Waals surface area contributed by atoms with Crippen LogP contribution in [0.25, 0.3) is 16.8 Å². The Labute approximate surface area is 203 Å². The van der Waals surface area contributed by atoms with E-state index in [9.17, 15) is 13.2 Å². The second-order valence-corrected chi connectivity index (χ2v) is 10.2. The van der Waals surface area contributed by atoms with Gasteiger partial charge in [0.15, 0.2) is 9.84 Å². The average Bonchev–Trinajstić information content (AvgIpc) is 3.22. The zero-order valence-electron chi connectivity index (χ0n) is 19.5. The molecule has 0 radical (unpaired) electrons. The zero-order chi connectivity index (χ0) is 25.2. The summed E-state index contributed by atoms with van der Waals surface area (Å²) in [5.41, 5.74) is 3.40. The molecule has 3 aromatic carbocycles. The third-order valence-corrected chi connectivity index (χ3v) is 6.57. The SMILES string of the molecule is CNCc1cccc(-n2nc(C)cc2C(=O)Nc2ccc(-c3ccccc3S(C)(=O)=O)cc2F)c1. The molecule has 0 aliphatic heterocycles. The molecule has 0 fully saturated rings. The number of nitrogens with one attached hydrogen (secondary N) is 2. The van der Waals surface area contributed by atoms with Crippen LogP contribution in [0.4, 0.5) is 10.1 Å². The van der Waals surface area contributed by atoms with Gasteiger partial charge in [0.25, 0.3) is 5.91 Å². The van der Waals surface area contributed by atoms with E-state index in [4.69, 9.17) is 0 Å². The summed E-state index contributed by atoms with van der Waals surface area (Å²) >= 11 is 0. The fourth-order valence-corrected chi connectivity index (χ4v) is 4.77.